The topological polar surface area (TPSA) is 12.0 Å². The number of hydrogen-bond acceptors (Lipinski definition) is 1. The van der Waals surface area contributed by atoms with Crippen LogP contribution < -0.4 is 5.32 Å². The van der Waals surface area contributed by atoms with Crippen LogP contribution in [-0.4, -0.2) is 13.1 Å². The maximum Gasteiger partial charge on any atom is 0.0143 e. The van der Waals surface area contributed by atoms with Crippen molar-refractivity contribution in [3.05, 3.63) is 34.9 Å². The molecule has 0 heterocycles. The molecule has 1 heteroatoms. The van der Waals surface area contributed by atoms with Gasteiger partial charge in [-0.15, -0.1) is 0 Å². The third-order valence-corrected chi connectivity index (χ3v) is 5.97. The molecule has 0 aromatic heterocycles. The molecule has 1 aliphatic carbocycles. The molecular weight excluding hydrogens is 230 g/mol. The fourth-order valence-electron chi connectivity index (χ4n) is 4.03. The molecule has 1 atom stereocenters. The molecule has 0 aliphatic heterocycles. The van der Waals surface area contributed by atoms with Crippen molar-refractivity contribution >= 4 is 0 Å². The number of likely N-dealkylation sites (N-methyl/N-ethyl adjacent to an activating group) is 1. The van der Waals surface area contributed by atoms with E-state index >= 15 is 0 Å². The molecule has 1 saturated carbocycles. The van der Waals surface area contributed by atoms with Crippen molar-refractivity contribution in [1.82, 2.24) is 5.32 Å². The summed E-state index contributed by atoms with van der Waals surface area (Å²) in [5.41, 5.74) is 5.27. The lowest BCUT2D eigenvalue weighted by Crippen LogP contribution is -2.33. The second kappa shape index (κ2) is 4.63. The highest BCUT2D eigenvalue weighted by molar-refractivity contribution is 5.35. The van der Waals surface area contributed by atoms with E-state index in [9.17, 15) is 0 Å². The second-order valence-electron chi connectivity index (χ2n) is 7.39. The Balaban J connectivity index is 2.22. The fraction of sp³-hybridized carbons (Fsp3) is 0.667. The van der Waals surface area contributed by atoms with Crippen molar-refractivity contribution in [2.45, 2.75) is 54.0 Å². The van der Waals surface area contributed by atoms with E-state index in [1.54, 1.807) is 0 Å². The SMILES string of the molecule is CNC(Cc1c(C)cccc1C)C1C(C)(C)C1(C)C. The molecule has 0 bridgehead atoms. The van der Waals surface area contributed by atoms with Crippen LogP contribution in [0, 0.1) is 30.6 Å². The lowest BCUT2D eigenvalue weighted by molar-refractivity contribution is 0.420. The van der Waals surface area contributed by atoms with E-state index in [0.29, 0.717) is 16.9 Å². The van der Waals surface area contributed by atoms with E-state index in [1.807, 2.05) is 0 Å². The number of rotatable bonds is 4. The molecule has 1 aromatic carbocycles. The van der Waals surface area contributed by atoms with Crippen LogP contribution in [0.2, 0.25) is 0 Å². The summed E-state index contributed by atoms with van der Waals surface area (Å²) in [5, 5.41) is 3.58. The Bertz CT molecular complexity index is 436. The van der Waals surface area contributed by atoms with Gasteiger partial charge in [-0.1, -0.05) is 45.9 Å². The number of nitrogens with one attached hydrogen (secondary N) is 1. The lowest BCUT2D eigenvalue weighted by atomic mass is 9.92. The highest BCUT2D eigenvalue weighted by atomic mass is 14.9. The summed E-state index contributed by atoms with van der Waals surface area (Å²) in [6.07, 6.45) is 1.15. The van der Waals surface area contributed by atoms with Gasteiger partial charge in [0, 0.05) is 6.04 Å². The number of aryl methyl sites for hydroxylation is 2. The summed E-state index contributed by atoms with van der Waals surface area (Å²) in [6.45, 7) is 14.1. The number of benzene rings is 1. The largest absolute Gasteiger partial charge is 0.316 e. The maximum atomic E-state index is 3.58. The molecule has 1 aliphatic rings. The quantitative estimate of drug-likeness (QED) is 0.858. The first-order chi connectivity index (χ1) is 8.73. The van der Waals surface area contributed by atoms with E-state index < -0.39 is 0 Å². The first kappa shape index (κ1) is 14.6. The normalized spacial score (nSPS) is 22.3. The molecule has 0 amide bonds. The summed E-state index contributed by atoms with van der Waals surface area (Å²) >= 11 is 0. The third-order valence-electron chi connectivity index (χ3n) is 5.97. The fourth-order valence-corrected chi connectivity index (χ4v) is 4.03. The van der Waals surface area contributed by atoms with Crippen LogP contribution in [0.25, 0.3) is 0 Å². The van der Waals surface area contributed by atoms with Crippen molar-refractivity contribution in [3.63, 3.8) is 0 Å². The predicted octanol–water partition coefficient (Wildman–Crippen LogP) is 4.12. The second-order valence-corrected chi connectivity index (χ2v) is 7.39. The smallest absolute Gasteiger partial charge is 0.0143 e. The van der Waals surface area contributed by atoms with Gasteiger partial charge in [-0.3, -0.25) is 0 Å². The molecule has 0 saturated heterocycles. The Kier molecular flexibility index (Phi) is 3.55. The van der Waals surface area contributed by atoms with Gasteiger partial charge in [0.1, 0.15) is 0 Å². The number of hydrogen-bond donors (Lipinski definition) is 1. The molecule has 1 N–H and O–H groups in total. The minimum absolute atomic E-state index is 0.442. The molecule has 106 valence electrons. The zero-order chi connectivity index (χ0) is 14.4. The van der Waals surface area contributed by atoms with Gasteiger partial charge in [0.15, 0.2) is 0 Å². The van der Waals surface area contributed by atoms with Crippen LogP contribution in [0.5, 0.6) is 0 Å². The summed E-state index contributed by atoms with van der Waals surface area (Å²) in [6, 6.07) is 7.20. The average Bonchev–Trinajstić information content (AvgIpc) is 2.71. The van der Waals surface area contributed by atoms with Gasteiger partial charge in [0.05, 0.1) is 0 Å². The van der Waals surface area contributed by atoms with Crippen molar-refractivity contribution in [2.24, 2.45) is 16.7 Å². The maximum absolute atomic E-state index is 3.58. The van der Waals surface area contributed by atoms with Gasteiger partial charge in [0.25, 0.3) is 0 Å². The average molecular weight is 259 g/mol. The Morgan fingerprint density at radius 1 is 1.05 bits per heavy atom. The zero-order valence-electron chi connectivity index (χ0n) is 13.6. The van der Waals surface area contributed by atoms with Crippen molar-refractivity contribution in [2.75, 3.05) is 7.05 Å². The van der Waals surface area contributed by atoms with E-state index in [1.165, 1.54) is 16.7 Å². The molecule has 2 rings (SSSR count). The van der Waals surface area contributed by atoms with Gasteiger partial charge in [-0.05, 0) is 60.8 Å². The summed E-state index contributed by atoms with van der Waals surface area (Å²) < 4.78 is 0. The Morgan fingerprint density at radius 3 is 1.89 bits per heavy atom. The van der Waals surface area contributed by atoms with E-state index in [4.69, 9.17) is 0 Å². The Hall–Kier alpha value is -0.820. The monoisotopic (exact) mass is 259 g/mol. The van der Waals surface area contributed by atoms with Crippen LogP contribution in [-0.2, 0) is 6.42 Å². The van der Waals surface area contributed by atoms with Crippen LogP contribution in [0.15, 0.2) is 18.2 Å². The summed E-state index contributed by atoms with van der Waals surface area (Å²) in [4.78, 5) is 0. The van der Waals surface area contributed by atoms with Crippen LogP contribution >= 0.6 is 0 Å². The van der Waals surface area contributed by atoms with Gasteiger partial charge < -0.3 is 5.32 Å². The van der Waals surface area contributed by atoms with Crippen molar-refractivity contribution < 1.29 is 0 Å². The highest BCUT2D eigenvalue weighted by Crippen LogP contribution is 2.69. The minimum atomic E-state index is 0.442. The van der Waals surface area contributed by atoms with E-state index in [0.717, 1.165) is 12.3 Å². The van der Waals surface area contributed by atoms with Crippen molar-refractivity contribution in [1.29, 1.82) is 0 Å². The highest BCUT2D eigenvalue weighted by Gasteiger charge is 2.66. The van der Waals surface area contributed by atoms with E-state index in [2.05, 4.69) is 72.1 Å². The van der Waals surface area contributed by atoms with Gasteiger partial charge in [0.2, 0.25) is 0 Å². The van der Waals surface area contributed by atoms with Crippen molar-refractivity contribution in [3.8, 4) is 0 Å². The van der Waals surface area contributed by atoms with Crippen LogP contribution in [0.3, 0.4) is 0 Å². The summed E-state index contributed by atoms with van der Waals surface area (Å²) in [5.74, 6) is 0.754. The van der Waals surface area contributed by atoms with Gasteiger partial charge in [-0.2, -0.15) is 0 Å². The zero-order valence-corrected chi connectivity index (χ0v) is 13.6. The molecule has 1 unspecified atom stereocenters. The van der Waals surface area contributed by atoms with Crippen LogP contribution in [0.1, 0.15) is 44.4 Å². The standard InChI is InChI=1S/C18H29N/c1-12-9-8-10-13(2)14(12)11-15(19-7)16-17(3,4)18(16,5)6/h8-10,15-16,19H,11H2,1-7H3. The van der Waals surface area contributed by atoms with Gasteiger partial charge in [-0.25, -0.2) is 0 Å². The molecule has 1 nitrogen and oxygen atoms in total. The minimum Gasteiger partial charge on any atom is -0.316 e. The molecule has 19 heavy (non-hydrogen) atoms. The Morgan fingerprint density at radius 2 is 1.53 bits per heavy atom. The molecule has 0 spiro atoms. The molecular formula is C18H29N. The molecule has 0 radical (unpaired) electrons. The predicted molar refractivity (Wildman–Crippen MR) is 83.5 cm³/mol. The lowest BCUT2D eigenvalue weighted by Gasteiger charge is -2.21. The van der Waals surface area contributed by atoms with Crippen LogP contribution in [0.4, 0.5) is 0 Å². The summed E-state index contributed by atoms with van der Waals surface area (Å²) in [7, 11) is 2.11. The van der Waals surface area contributed by atoms with Gasteiger partial charge >= 0.3 is 0 Å². The molecule has 1 fully saturated rings. The third kappa shape index (κ3) is 2.23. The van der Waals surface area contributed by atoms with E-state index in [-0.39, 0.29) is 0 Å². The first-order valence-electron chi connectivity index (χ1n) is 7.46. The Labute approximate surface area is 118 Å². The first-order valence-corrected chi connectivity index (χ1v) is 7.46. The molecule has 1 aromatic rings.